The van der Waals surface area contributed by atoms with Gasteiger partial charge in [0.05, 0.1) is 11.8 Å². The van der Waals surface area contributed by atoms with E-state index in [-0.39, 0.29) is 17.7 Å². The third-order valence-corrected chi connectivity index (χ3v) is 6.42. The Morgan fingerprint density at radius 2 is 1.54 bits per heavy atom. The van der Waals surface area contributed by atoms with Crippen LogP contribution in [0.1, 0.15) is 51.4 Å². The monoisotopic (exact) mass is 364 g/mol. The first-order chi connectivity index (χ1) is 12.6. The van der Waals surface area contributed by atoms with Crippen molar-refractivity contribution in [1.29, 1.82) is 0 Å². The van der Waals surface area contributed by atoms with E-state index in [1.54, 1.807) is 0 Å². The molecule has 3 N–H and O–H groups in total. The standard InChI is InChI=1S/C20H36N4O2/c1-24(20(26)17-5-3-11-22-13-17)14-15-6-8-18(9-7-15)23-19(25)16-4-2-10-21-12-16/h15-18,21-22H,2-14H2,1H3,(H,23,25). The first-order valence-electron chi connectivity index (χ1n) is 10.6. The summed E-state index contributed by atoms with van der Waals surface area (Å²) in [4.78, 5) is 26.9. The van der Waals surface area contributed by atoms with Gasteiger partial charge >= 0.3 is 0 Å². The quantitative estimate of drug-likeness (QED) is 0.683. The molecule has 1 aliphatic carbocycles. The van der Waals surface area contributed by atoms with E-state index in [1.165, 1.54) is 0 Å². The fourth-order valence-electron chi connectivity index (χ4n) is 4.74. The van der Waals surface area contributed by atoms with Crippen molar-refractivity contribution in [1.82, 2.24) is 20.9 Å². The van der Waals surface area contributed by atoms with Crippen LogP contribution in [0.15, 0.2) is 0 Å². The van der Waals surface area contributed by atoms with Crippen LogP contribution < -0.4 is 16.0 Å². The molecule has 2 unspecified atom stereocenters. The molecular formula is C20H36N4O2. The van der Waals surface area contributed by atoms with E-state index in [0.29, 0.717) is 17.9 Å². The molecule has 6 nitrogen and oxygen atoms in total. The van der Waals surface area contributed by atoms with E-state index >= 15 is 0 Å². The number of carbonyl (C=O) groups is 2. The molecule has 0 aromatic carbocycles. The fraction of sp³-hybridized carbons (Fsp3) is 0.900. The molecule has 3 aliphatic rings. The topological polar surface area (TPSA) is 73.5 Å². The number of rotatable bonds is 5. The summed E-state index contributed by atoms with van der Waals surface area (Å²) >= 11 is 0. The zero-order valence-corrected chi connectivity index (χ0v) is 16.3. The Morgan fingerprint density at radius 3 is 2.12 bits per heavy atom. The lowest BCUT2D eigenvalue weighted by Crippen LogP contribution is -2.46. The molecule has 0 aromatic heterocycles. The maximum Gasteiger partial charge on any atom is 0.226 e. The van der Waals surface area contributed by atoms with Gasteiger partial charge in [0.1, 0.15) is 0 Å². The molecule has 3 fully saturated rings. The smallest absolute Gasteiger partial charge is 0.226 e. The lowest BCUT2D eigenvalue weighted by molar-refractivity contribution is -0.135. The van der Waals surface area contributed by atoms with Gasteiger partial charge in [0.15, 0.2) is 0 Å². The van der Waals surface area contributed by atoms with E-state index in [0.717, 1.165) is 84.1 Å². The van der Waals surface area contributed by atoms with Crippen LogP contribution in [0.4, 0.5) is 0 Å². The second-order valence-electron chi connectivity index (χ2n) is 8.53. The SMILES string of the molecule is CN(CC1CCC(NC(=O)C2CCCNC2)CC1)C(=O)C1CCCNC1. The highest BCUT2D eigenvalue weighted by molar-refractivity contribution is 5.79. The van der Waals surface area contributed by atoms with Crippen molar-refractivity contribution >= 4 is 11.8 Å². The highest BCUT2D eigenvalue weighted by Gasteiger charge is 2.29. The second kappa shape index (κ2) is 9.70. The van der Waals surface area contributed by atoms with Crippen molar-refractivity contribution in [3.63, 3.8) is 0 Å². The van der Waals surface area contributed by atoms with Gasteiger partial charge in [0.25, 0.3) is 0 Å². The summed E-state index contributed by atoms with van der Waals surface area (Å²) in [6.07, 6.45) is 8.53. The van der Waals surface area contributed by atoms with Crippen LogP contribution in [0.2, 0.25) is 0 Å². The van der Waals surface area contributed by atoms with E-state index in [4.69, 9.17) is 0 Å². The van der Waals surface area contributed by atoms with Gasteiger partial charge in [-0.25, -0.2) is 0 Å². The van der Waals surface area contributed by atoms with Crippen molar-refractivity contribution in [2.45, 2.75) is 57.4 Å². The molecule has 2 atom stereocenters. The van der Waals surface area contributed by atoms with Gasteiger partial charge in [-0.3, -0.25) is 9.59 Å². The van der Waals surface area contributed by atoms with Gasteiger partial charge in [-0.05, 0) is 70.4 Å². The molecule has 26 heavy (non-hydrogen) atoms. The van der Waals surface area contributed by atoms with Gasteiger partial charge in [0.2, 0.25) is 11.8 Å². The van der Waals surface area contributed by atoms with Crippen LogP contribution >= 0.6 is 0 Å². The van der Waals surface area contributed by atoms with Crippen molar-refractivity contribution in [3.05, 3.63) is 0 Å². The Morgan fingerprint density at radius 1 is 0.923 bits per heavy atom. The molecule has 6 heteroatoms. The highest BCUT2D eigenvalue weighted by Crippen LogP contribution is 2.26. The molecule has 1 saturated carbocycles. The van der Waals surface area contributed by atoms with Crippen LogP contribution in [0, 0.1) is 17.8 Å². The van der Waals surface area contributed by atoms with E-state index in [9.17, 15) is 9.59 Å². The van der Waals surface area contributed by atoms with Crippen LogP contribution in [0.3, 0.4) is 0 Å². The minimum Gasteiger partial charge on any atom is -0.353 e. The van der Waals surface area contributed by atoms with Gasteiger partial charge in [-0.15, -0.1) is 0 Å². The Labute approximate surface area is 157 Å². The lowest BCUT2D eigenvalue weighted by atomic mass is 9.85. The van der Waals surface area contributed by atoms with Crippen LogP contribution in [0.25, 0.3) is 0 Å². The van der Waals surface area contributed by atoms with Crippen molar-refractivity contribution in [2.75, 3.05) is 39.8 Å². The normalized spacial score (nSPS) is 32.7. The van der Waals surface area contributed by atoms with Crippen molar-refractivity contribution in [3.8, 4) is 0 Å². The maximum absolute atomic E-state index is 12.6. The summed E-state index contributed by atoms with van der Waals surface area (Å²) in [5, 5.41) is 9.92. The Bertz CT molecular complexity index is 464. The summed E-state index contributed by atoms with van der Waals surface area (Å²) in [5.74, 6) is 1.42. The average Bonchev–Trinajstić information content (AvgIpc) is 2.70. The lowest BCUT2D eigenvalue weighted by Gasteiger charge is -2.34. The van der Waals surface area contributed by atoms with E-state index in [1.807, 2.05) is 11.9 Å². The predicted molar refractivity (Wildman–Crippen MR) is 103 cm³/mol. The number of amides is 2. The number of hydrogen-bond acceptors (Lipinski definition) is 4. The maximum atomic E-state index is 12.6. The number of hydrogen-bond donors (Lipinski definition) is 3. The second-order valence-corrected chi connectivity index (χ2v) is 8.53. The highest BCUT2D eigenvalue weighted by atomic mass is 16.2. The fourth-order valence-corrected chi connectivity index (χ4v) is 4.74. The number of nitrogens with zero attached hydrogens (tertiary/aromatic N) is 1. The van der Waals surface area contributed by atoms with Crippen LogP contribution in [-0.4, -0.2) is 62.5 Å². The van der Waals surface area contributed by atoms with Gasteiger partial charge < -0.3 is 20.9 Å². The summed E-state index contributed by atoms with van der Waals surface area (Å²) in [7, 11) is 1.96. The Hall–Kier alpha value is -1.14. The van der Waals surface area contributed by atoms with E-state index in [2.05, 4.69) is 16.0 Å². The Balaban J connectivity index is 1.36. The van der Waals surface area contributed by atoms with Crippen LogP contribution in [0.5, 0.6) is 0 Å². The molecule has 0 radical (unpaired) electrons. The first-order valence-corrected chi connectivity index (χ1v) is 10.6. The first kappa shape index (κ1) is 19.6. The Kier molecular flexibility index (Phi) is 7.32. The molecule has 2 aliphatic heterocycles. The zero-order valence-electron chi connectivity index (χ0n) is 16.3. The van der Waals surface area contributed by atoms with Gasteiger partial charge in [-0.1, -0.05) is 0 Å². The summed E-state index contributed by atoms with van der Waals surface area (Å²) in [6.45, 7) is 4.60. The summed E-state index contributed by atoms with van der Waals surface area (Å²) < 4.78 is 0. The number of piperidine rings is 2. The molecule has 2 saturated heterocycles. The third kappa shape index (κ3) is 5.43. The molecule has 3 rings (SSSR count). The molecular weight excluding hydrogens is 328 g/mol. The number of carbonyl (C=O) groups excluding carboxylic acids is 2. The predicted octanol–water partition coefficient (Wildman–Crippen LogP) is 1.12. The minimum atomic E-state index is 0.148. The molecule has 2 heterocycles. The van der Waals surface area contributed by atoms with Gasteiger partial charge in [-0.2, -0.15) is 0 Å². The minimum absolute atomic E-state index is 0.148. The van der Waals surface area contributed by atoms with Crippen molar-refractivity contribution < 1.29 is 9.59 Å². The molecule has 2 amide bonds. The molecule has 0 aromatic rings. The van der Waals surface area contributed by atoms with Crippen LogP contribution in [-0.2, 0) is 9.59 Å². The number of nitrogens with one attached hydrogen (secondary N) is 3. The molecule has 0 bridgehead atoms. The third-order valence-electron chi connectivity index (χ3n) is 6.42. The molecule has 0 spiro atoms. The summed E-state index contributed by atoms with van der Waals surface area (Å²) in [6, 6.07) is 0.323. The average molecular weight is 365 g/mol. The zero-order chi connectivity index (χ0) is 18.4. The van der Waals surface area contributed by atoms with E-state index < -0.39 is 0 Å². The van der Waals surface area contributed by atoms with Crippen molar-refractivity contribution in [2.24, 2.45) is 17.8 Å². The van der Waals surface area contributed by atoms with Gasteiger partial charge in [0, 0.05) is 32.7 Å². The summed E-state index contributed by atoms with van der Waals surface area (Å²) in [5.41, 5.74) is 0. The largest absolute Gasteiger partial charge is 0.353 e. The molecule has 148 valence electrons.